The molecule has 0 spiro atoms. The first-order chi connectivity index (χ1) is 4.65. The van der Waals surface area contributed by atoms with Gasteiger partial charge in [-0.3, -0.25) is 0 Å². The van der Waals surface area contributed by atoms with Crippen LogP contribution in [0.5, 0.6) is 0 Å². The van der Waals surface area contributed by atoms with Gasteiger partial charge in [-0.15, -0.1) is 0 Å². The van der Waals surface area contributed by atoms with Crippen molar-refractivity contribution in [1.29, 1.82) is 0 Å². The van der Waals surface area contributed by atoms with E-state index in [1.54, 1.807) is 0 Å². The van der Waals surface area contributed by atoms with E-state index in [2.05, 4.69) is 0 Å². The van der Waals surface area contributed by atoms with Crippen LogP contribution in [0, 0.1) is 0 Å². The van der Waals surface area contributed by atoms with E-state index >= 15 is 0 Å². The quantitative estimate of drug-likeness (QED) is 0.386. The average molecular weight is 261 g/mol. The number of hydrogen-bond donors (Lipinski definition) is 2. The van der Waals surface area contributed by atoms with Gasteiger partial charge in [-0.05, 0) is 25.9 Å². The second-order valence-corrected chi connectivity index (χ2v) is 2.35. The maximum absolute atomic E-state index is 8.54. The summed E-state index contributed by atoms with van der Waals surface area (Å²) in [5.74, 6) is 0. The molecule has 0 fully saturated rings. The van der Waals surface area contributed by atoms with E-state index in [4.69, 9.17) is 23.7 Å². The van der Waals surface area contributed by atoms with Crippen LogP contribution in [0.1, 0.15) is 12.8 Å². The zero-order valence-corrected chi connectivity index (χ0v) is 13.3. The third-order valence-electron chi connectivity index (χ3n) is 0.658. The van der Waals surface area contributed by atoms with Crippen molar-refractivity contribution in [3.05, 3.63) is 0 Å². The maximum atomic E-state index is 8.54. The summed E-state index contributed by atoms with van der Waals surface area (Å²) in [5.41, 5.74) is 10.3. The van der Waals surface area contributed by atoms with Crippen molar-refractivity contribution in [3.63, 3.8) is 0 Å². The van der Waals surface area contributed by atoms with Crippen molar-refractivity contribution >= 4 is 14.5 Å². The first-order valence-electron chi connectivity index (χ1n) is 2.82. The molecule has 0 radical (unpaired) electrons. The Morgan fingerprint density at radius 3 is 1.25 bits per heavy atom. The second-order valence-electron chi connectivity index (χ2n) is 1.49. The Bertz CT molecular complexity index is 80.7. The van der Waals surface area contributed by atoms with E-state index in [1.165, 1.54) is 0 Å². The normalized spacial score (nSPS) is 7.42. The van der Waals surface area contributed by atoms with Crippen LogP contribution in [0.2, 0.25) is 0 Å². The first-order valence-corrected chi connectivity index (χ1v) is 4.91. The topological polar surface area (TPSA) is 115 Å². The molecule has 5 nitrogen and oxygen atoms in total. The summed E-state index contributed by atoms with van der Waals surface area (Å²) < 4.78 is 25.6. The predicted octanol–water partition coefficient (Wildman–Crippen LogP) is -9.19. The van der Waals surface area contributed by atoms with Crippen LogP contribution in [-0.4, -0.2) is 27.6 Å². The van der Waals surface area contributed by atoms with Crippen LogP contribution in [-0.2, 0) is 3.83 Å². The van der Waals surface area contributed by atoms with Crippen LogP contribution in [0.4, 0.5) is 0 Å². The first kappa shape index (κ1) is 23.8. The number of nitrogens with two attached hydrogens (primary N) is 2. The summed E-state index contributed by atoms with van der Waals surface area (Å²) in [5, 5.41) is 0. The third kappa shape index (κ3) is 56.9. The second kappa shape index (κ2) is 23.2. The molecule has 0 atom stereocenters. The van der Waals surface area contributed by atoms with Gasteiger partial charge in [-0.1, -0.05) is 0 Å². The molecule has 0 aromatic heterocycles. The van der Waals surface area contributed by atoms with Crippen LogP contribution in [0.15, 0.2) is 0 Å². The van der Waals surface area contributed by atoms with Crippen molar-refractivity contribution < 1.29 is 71.3 Å². The number of hydrogen-bond acceptors (Lipinski definition) is 5. The van der Waals surface area contributed by atoms with Gasteiger partial charge in [0.25, 0.3) is 0 Å². The molecule has 64 valence electrons. The van der Waals surface area contributed by atoms with Gasteiger partial charge in [0.05, 0.1) is 0 Å². The molecule has 0 aliphatic rings. The molecule has 0 unspecified atom stereocenters. The molecule has 12 heavy (non-hydrogen) atoms. The van der Waals surface area contributed by atoms with E-state index in [1.807, 2.05) is 0 Å². The summed E-state index contributed by atoms with van der Waals surface area (Å²) in [7, 11) is 0. The van der Waals surface area contributed by atoms with Gasteiger partial charge >= 0.3 is 85.8 Å². The third-order valence-corrected chi connectivity index (χ3v) is 0.658. The van der Waals surface area contributed by atoms with Gasteiger partial charge < -0.3 is 11.5 Å². The van der Waals surface area contributed by atoms with Crippen LogP contribution >= 0.6 is 0 Å². The van der Waals surface area contributed by atoms with Crippen molar-refractivity contribution in [1.82, 2.24) is 0 Å². The van der Waals surface area contributed by atoms with Crippen molar-refractivity contribution in [2.75, 3.05) is 13.1 Å². The molecule has 0 heterocycles. The molecular weight excluding hydrogens is 249 g/mol. The zero-order chi connectivity index (χ0) is 8.41. The molecule has 4 N–H and O–H groups in total. The number of rotatable bonds is 3. The fourth-order valence-corrected chi connectivity index (χ4v) is 0.289. The van der Waals surface area contributed by atoms with E-state index in [0.29, 0.717) is 0 Å². The molecule has 0 rings (SSSR count). The molecular formula is C4H12N2Na2O3Se. The van der Waals surface area contributed by atoms with Crippen LogP contribution in [0.3, 0.4) is 0 Å². The minimum atomic E-state index is -3.79. The Morgan fingerprint density at radius 2 is 1.17 bits per heavy atom. The van der Waals surface area contributed by atoms with Gasteiger partial charge in [-0.2, -0.15) is 0 Å². The van der Waals surface area contributed by atoms with Crippen LogP contribution in [0.25, 0.3) is 0 Å². The van der Waals surface area contributed by atoms with Gasteiger partial charge in [0.1, 0.15) is 0 Å². The van der Waals surface area contributed by atoms with E-state index in [0.717, 1.165) is 25.9 Å². The average Bonchev–Trinajstić information content (AvgIpc) is 1.82. The Morgan fingerprint density at radius 1 is 1.00 bits per heavy atom. The summed E-state index contributed by atoms with van der Waals surface area (Å²) in [4.78, 5) is 0. The van der Waals surface area contributed by atoms with E-state index in [9.17, 15) is 0 Å². The van der Waals surface area contributed by atoms with Crippen LogP contribution < -0.4 is 79.0 Å². The zero-order valence-electron chi connectivity index (χ0n) is 7.62. The molecule has 0 aromatic carbocycles. The fourth-order valence-electron chi connectivity index (χ4n) is 0.289. The maximum Gasteiger partial charge on any atom is 1.00 e. The summed E-state index contributed by atoms with van der Waals surface area (Å²) in [6.45, 7) is 1.55. The minimum Gasteiger partial charge on any atom is 1.00 e. The van der Waals surface area contributed by atoms with Crippen molar-refractivity contribution in [3.8, 4) is 0 Å². The van der Waals surface area contributed by atoms with Gasteiger partial charge in [0, 0.05) is 0 Å². The summed E-state index contributed by atoms with van der Waals surface area (Å²) in [6, 6.07) is 0. The van der Waals surface area contributed by atoms with Gasteiger partial charge in [0.15, 0.2) is 0 Å². The SMILES string of the molecule is NCCCCN.O=[Se]([O-])[O-].[Na+].[Na+]. The Hall–Kier alpha value is 2.16. The van der Waals surface area contributed by atoms with Crippen molar-refractivity contribution in [2.24, 2.45) is 11.5 Å². The molecule has 0 aliphatic heterocycles. The molecule has 0 aliphatic carbocycles. The largest absolute Gasteiger partial charge is 1.00 e. The predicted molar refractivity (Wildman–Crippen MR) is 33.8 cm³/mol. The van der Waals surface area contributed by atoms with Gasteiger partial charge in [-0.25, -0.2) is 0 Å². The summed E-state index contributed by atoms with van der Waals surface area (Å²) in [6.07, 6.45) is 2.13. The monoisotopic (exact) mass is 262 g/mol. The Labute approximate surface area is 122 Å². The Kier molecular flexibility index (Phi) is 45.9. The molecule has 0 amide bonds. The summed E-state index contributed by atoms with van der Waals surface area (Å²) >= 11 is -3.79. The van der Waals surface area contributed by atoms with Crippen molar-refractivity contribution in [2.45, 2.75) is 12.8 Å². The van der Waals surface area contributed by atoms with Gasteiger partial charge in [0.2, 0.25) is 0 Å². The molecule has 8 heteroatoms. The minimum absolute atomic E-state index is 0. The number of unbranched alkanes of at least 4 members (excludes halogenated alkanes) is 1. The standard InChI is InChI=1S/C4H12N2.2Na.H2O3Se/c5-3-1-2-4-6;;;1-4(2)3/h1-6H2;;;(H2,1,2,3)/q;2*+1;/p-2. The molecule has 0 saturated heterocycles. The molecule has 0 bridgehead atoms. The van der Waals surface area contributed by atoms with E-state index in [-0.39, 0.29) is 59.1 Å². The molecule has 0 aromatic rings. The molecule has 0 saturated carbocycles. The Balaban J connectivity index is -0.0000000483. The smallest absolute Gasteiger partial charge is 1.00 e. The fraction of sp³-hybridized carbons (Fsp3) is 1.00. The van der Waals surface area contributed by atoms with E-state index < -0.39 is 14.5 Å².